The van der Waals surface area contributed by atoms with Crippen molar-refractivity contribution in [2.45, 2.75) is 6.10 Å². The summed E-state index contributed by atoms with van der Waals surface area (Å²) in [6, 6.07) is 20.9. The Kier molecular flexibility index (Phi) is 5.86. The fourth-order valence-corrected chi connectivity index (χ4v) is 3.24. The summed E-state index contributed by atoms with van der Waals surface area (Å²) in [4.78, 5) is 24.7. The van der Waals surface area contributed by atoms with E-state index in [-0.39, 0.29) is 17.9 Å². The smallest absolute Gasteiger partial charge is 0.257 e. The quantitative estimate of drug-likeness (QED) is 0.647. The first-order valence-electron chi connectivity index (χ1n) is 9.43. The Hall–Kier alpha value is -3.51. The fourth-order valence-electron chi connectivity index (χ4n) is 3.02. The zero-order valence-electron chi connectivity index (χ0n) is 15.9. The highest BCUT2D eigenvalue weighted by Crippen LogP contribution is 2.30. The van der Waals surface area contributed by atoms with Crippen LogP contribution in [0.25, 0.3) is 0 Å². The number of halogens is 1. The van der Waals surface area contributed by atoms with Gasteiger partial charge in [-0.25, -0.2) is 0 Å². The van der Waals surface area contributed by atoms with Gasteiger partial charge in [-0.15, -0.1) is 0 Å². The summed E-state index contributed by atoms with van der Waals surface area (Å²) in [5.41, 5.74) is 1.43. The minimum atomic E-state index is -0.312. The maximum Gasteiger partial charge on any atom is 0.257 e. The Balaban J connectivity index is 1.31. The molecule has 0 aromatic heterocycles. The van der Waals surface area contributed by atoms with Gasteiger partial charge < -0.3 is 20.1 Å². The number of benzene rings is 3. The van der Waals surface area contributed by atoms with Gasteiger partial charge in [0, 0.05) is 11.3 Å². The van der Waals surface area contributed by atoms with Crippen molar-refractivity contribution in [2.24, 2.45) is 0 Å². The third-order valence-corrected chi connectivity index (χ3v) is 4.91. The molecular weight excluding hydrogens is 404 g/mol. The zero-order chi connectivity index (χ0) is 20.9. The molecule has 1 aliphatic rings. The van der Waals surface area contributed by atoms with E-state index in [1.807, 2.05) is 24.3 Å². The van der Waals surface area contributed by atoms with Crippen LogP contribution in [0.5, 0.6) is 11.5 Å². The van der Waals surface area contributed by atoms with E-state index in [1.165, 1.54) is 0 Å². The molecule has 4 rings (SSSR count). The summed E-state index contributed by atoms with van der Waals surface area (Å²) in [5, 5.41) is 5.99. The van der Waals surface area contributed by atoms with Crippen LogP contribution in [0.3, 0.4) is 0 Å². The van der Waals surface area contributed by atoms with Gasteiger partial charge >= 0.3 is 0 Å². The zero-order valence-corrected chi connectivity index (χ0v) is 16.7. The van der Waals surface area contributed by atoms with Gasteiger partial charge in [0.2, 0.25) is 0 Å². The third-order valence-electron chi connectivity index (χ3n) is 4.58. The van der Waals surface area contributed by atoms with Crippen LogP contribution < -0.4 is 20.1 Å². The second-order valence-corrected chi connectivity index (χ2v) is 7.13. The molecule has 0 aliphatic carbocycles. The van der Waals surface area contributed by atoms with Crippen molar-refractivity contribution in [3.63, 3.8) is 0 Å². The van der Waals surface area contributed by atoms with Crippen molar-refractivity contribution in [2.75, 3.05) is 18.5 Å². The van der Waals surface area contributed by atoms with Crippen LogP contribution in [-0.4, -0.2) is 31.1 Å². The van der Waals surface area contributed by atoms with Gasteiger partial charge in [-0.2, -0.15) is 0 Å². The van der Waals surface area contributed by atoms with Crippen LogP contribution in [0, 0.1) is 0 Å². The second-order valence-electron chi connectivity index (χ2n) is 6.72. The van der Waals surface area contributed by atoms with Crippen LogP contribution in [0.15, 0.2) is 72.8 Å². The Morgan fingerprint density at radius 2 is 1.60 bits per heavy atom. The summed E-state index contributed by atoms with van der Waals surface area (Å²) in [5.74, 6) is 0.824. The lowest BCUT2D eigenvalue weighted by atomic mass is 10.1. The summed E-state index contributed by atoms with van der Waals surface area (Å²) >= 11 is 6.05. The Morgan fingerprint density at radius 1 is 0.900 bits per heavy atom. The number of rotatable bonds is 5. The number of fused-ring (bicyclic) bond motifs is 1. The third kappa shape index (κ3) is 4.55. The minimum absolute atomic E-state index is 0.235. The van der Waals surface area contributed by atoms with Crippen molar-refractivity contribution >= 4 is 29.1 Å². The van der Waals surface area contributed by atoms with Crippen molar-refractivity contribution < 1.29 is 19.1 Å². The van der Waals surface area contributed by atoms with E-state index in [0.29, 0.717) is 46.5 Å². The molecular formula is C23H19ClN2O4. The minimum Gasteiger partial charge on any atom is -0.486 e. The molecule has 0 radical (unpaired) electrons. The van der Waals surface area contributed by atoms with E-state index in [0.717, 1.165) is 0 Å². The first-order chi connectivity index (χ1) is 14.6. The summed E-state index contributed by atoms with van der Waals surface area (Å²) in [7, 11) is 0. The lowest BCUT2D eigenvalue weighted by molar-refractivity contribution is 0.0789. The first kappa shape index (κ1) is 19.8. The predicted octanol–water partition coefficient (Wildman–Crippen LogP) is 4.16. The van der Waals surface area contributed by atoms with E-state index in [9.17, 15) is 9.59 Å². The van der Waals surface area contributed by atoms with Crippen molar-refractivity contribution in [1.29, 1.82) is 0 Å². The maximum atomic E-state index is 12.4. The molecule has 0 spiro atoms. The number of carbonyl (C=O) groups is 2. The molecule has 0 unspecified atom stereocenters. The van der Waals surface area contributed by atoms with E-state index >= 15 is 0 Å². The normalized spacial score (nSPS) is 14.6. The summed E-state index contributed by atoms with van der Waals surface area (Å²) in [6.45, 7) is 0.683. The molecule has 30 heavy (non-hydrogen) atoms. The van der Waals surface area contributed by atoms with E-state index in [2.05, 4.69) is 10.6 Å². The molecule has 3 aromatic rings. The molecule has 0 bridgehead atoms. The molecule has 1 aliphatic heterocycles. The van der Waals surface area contributed by atoms with Gasteiger partial charge in [0.15, 0.2) is 11.5 Å². The van der Waals surface area contributed by atoms with Crippen molar-refractivity contribution in [3.05, 3.63) is 88.9 Å². The molecule has 6 nitrogen and oxygen atoms in total. The monoisotopic (exact) mass is 422 g/mol. The number of hydrogen-bond donors (Lipinski definition) is 2. The van der Waals surface area contributed by atoms with Gasteiger partial charge in [-0.05, 0) is 48.5 Å². The molecule has 152 valence electrons. The first-order valence-corrected chi connectivity index (χ1v) is 9.80. The van der Waals surface area contributed by atoms with Crippen molar-refractivity contribution in [1.82, 2.24) is 5.32 Å². The van der Waals surface area contributed by atoms with E-state index in [1.54, 1.807) is 48.5 Å². The summed E-state index contributed by atoms with van der Waals surface area (Å²) < 4.78 is 11.5. The van der Waals surface area contributed by atoms with E-state index < -0.39 is 0 Å². The van der Waals surface area contributed by atoms with Crippen LogP contribution in [-0.2, 0) is 0 Å². The molecule has 0 saturated heterocycles. The number of hydrogen-bond acceptors (Lipinski definition) is 4. The molecule has 1 atom stereocenters. The highest BCUT2D eigenvalue weighted by molar-refractivity contribution is 6.34. The van der Waals surface area contributed by atoms with Gasteiger partial charge in [0.05, 0.1) is 17.1 Å². The number of ether oxygens (including phenoxy) is 2. The topological polar surface area (TPSA) is 76.7 Å². The second kappa shape index (κ2) is 8.88. The van der Waals surface area contributed by atoms with Gasteiger partial charge in [0.25, 0.3) is 11.8 Å². The Morgan fingerprint density at radius 3 is 2.37 bits per heavy atom. The maximum absolute atomic E-state index is 12.4. The highest BCUT2D eigenvalue weighted by atomic mass is 35.5. The van der Waals surface area contributed by atoms with Gasteiger partial charge in [-0.1, -0.05) is 35.9 Å². The SMILES string of the molecule is O=C(NC[C@@H]1COc2ccccc2O1)c1ccc(NC(=O)c2ccccc2Cl)cc1. The number of carbonyl (C=O) groups excluding carboxylic acids is 2. The number of nitrogens with one attached hydrogen (secondary N) is 2. The molecule has 3 aromatic carbocycles. The number of anilines is 1. The van der Waals surface area contributed by atoms with E-state index in [4.69, 9.17) is 21.1 Å². The highest BCUT2D eigenvalue weighted by Gasteiger charge is 2.21. The van der Waals surface area contributed by atoms with Crippen LogP contribution >= 0.6 is 11.6 Å². The molecule has 0 saturated carbocycles. The molecule has 0 fully saturated rings. The summed E-state index contributed by atoms with van der Waals surface area (Å²) in [6.07, 6.45) is -0.266. The molecule has 1 heterocycles. The van der Waals surface area contributed by atoms with Crippen LogP contribution in [0.1, 0.15) is 20.7 Å². The molecule has 2 amide bonds. The standard InChI is InChI=1S/C23H19ClN2O4/c24-19-6-2-1-5-18(19)23(28)26-16-11-9-15(10-12-16)22(27)25-13-17-14-29-20-7-3-4-8-21(20)30-17/h1-12,17H,13-14H2,(H,25,27)(H,26,28)/t17-/m1/s1. The number of para-hydroxylation sites is 2. The molecule has 7 heteroatoms. The Bertz CT molecular complexity index is 1070. The fraction of sp³-hybridized carbons (Fsp3) is 0.130. The average Bonchev–Trinajstić information content (AvgIpc) is 2.78. The lowest BCUT2D eigenvalue weighted by Gasteiger charge is -2.26. The van der Waals surface area contributed by atoms with Crippen molar-refractivity contribution in [3.8, 4) is 11.5 Å². The average molecular weight is 423 g/mol. The van der Waals surface area contributed by atoms with Crippen LogP contribution in [0.2, 0.25) is 5.02 Å². The largest absolute Gasteiger partial charge is 0.486 e. The Labute approximate surface area is 178 Å². The predicted molar refractivity (Wildman–Crippen MR) is 115 cm³/mol. The van der Waals surface area contributed by atoms with Gasteiger partial charge in [0.1, 0.15) is 12.7 Å². The van der Waals surface area contributed by atoms with Gasteiger partial charge in [-0.3, -0.25) is 9.59 Å². The molecule has 2 N–H and O–H groups in total. The van der Waals surface area contributed by atoms with Crippen LogP contribution in [0.4, 0.5) is 5.69 Å². The number of amides is 2. The lowest BCUT2D eigenvalue weighted by Crippen LogP contribution is -2.40.